The van der Waals surface area contributed by atoms with Gasteiger partial charge in [-0.25, -0.2) is 0 Å². The molecule has 0 aliphatic heterocycles. The van der Waals surface area contributed by atoms with Crippen LogP contribution in [-0.4, -0.2) is 60.0 Å². The molecule has 4 radical (unpaired) electrons. The second-order valence-corrected chi connectivity index (χ2v) is 0. The molecule has 0 rings (SSSR count). The van der Waals surface area contributed by atoms with Crippen molar-refractivity contribution in [3.63, 3.8) is 0 Å². The molecule has 0 amide bonds. The molecule has 0 fully saturated rings. The Kier molecular flexibility index (Phi) is 123. The molecule has 0 saturated heterocycles. The van der Waals surface area contributed by atoms with E-state index >= 15 is 0 Å². The van der Waals surface area contributed by atoms with Gasteiger partial charge >= 0.3 is 25.8 Å². The van der Waals surface area contributed by atoms with Crippen LogP contribution in [0.15, 0.2) is 0 Å². The van der Waals surface area contributed by atoms with Gasteiger partial charge in [-0.05, 0) is 0 Å². The van der Waals surface area contributed by atoms with E-state index in [1.165, 1.54) is 0 Å². The van der Waals surface area contributed by atoms with E-state index in [-0.39, 0.29) is 87.3 Å². The summed E-state index contributed by atoms with van der Waals surface area (Å²) in [7, 11) is 0. The molecule has 20 valence electrons. The number of rotatable bonds is 0. The van der Waals surface area contributed by atoms with Gasteiger partial charge in [0.05, 0.1) is 0 Å². The Morgan fingerprint density at radius 1 is 0.750 bits per heavy atom. The Labute approximate surface area is 85.8 Å². The predicted molar refractivity (Wildman–Crippen MR) is 21.4 cm³/mol. The maximum absolute atomic E-state index is 0. The van der Waals surface area contributed by atoms with Crippen LogP contribution in [0.4, 0.5) is 0 Å². The van der Waals surface area contributed by atoms with Crippen molar-refractivity contribution in [1.82, 2.24) is 0 Å². The Balaban J connectivity index is 0. The third-order valence-electron chi connectivity index (χ3n) is 0. The average Bonchev–Trinajstić information content (AvgIpc) is 0. The summed E-state index contributed by atoms with van der Waals surface area (Å²) in [6, 6.07) is 0. The summed E-state index contributed by atoms with van der Waals surface area (Å²) in [6.07, 6.45) is 0. The van der Waals surface area contributed by atoms with Crippen LogP contribution in [0.1, 0.15) is 0 Å². The van der Waals surface area contributed by atoms with Gasteiger partial charge in [-0.1, -0.05) is 0 Å². The molecule has 4 heavy (non-hydrogen) atoms. The van der Waals surface area contributed by atoms with Gasteiger partial charge in [0, 0.05) is 61.4 Å². The molecule has 0 N–H and O–H groups in total. The number of hydrogen-bond acceptors (Lipinski definition) is 0. The predicted octanol–water partition coefficient (Wildman–Crippen LogP) is -1.95. The van der Waals surface area contributed by atoms with Gasteiger partial charge < -0.3 is 0 Å². The zero-order valence-electron chi connectivity index (χ0n) is 1.52. The third-order valence-corrected chi connectivity index (χ3v) is 0. The van der Waals surface area contributed by atoms with E-state index in [2.05, 4.69) is 0 Å². The number of hydrogen-bond donors (Lipinski definition) is 0. The standard InChI is InChI=1S/Cd.In.2Se.3H. The van der Waals surface area contributed by atoms with Crippen LogP contribution in [0, 0.1) is 0 Å². The van der Waals surface area contributed by atoms with E-state index in [4.69, 9.17) is 0 Å². The summed E-state index contributed by atoms with van der Waals surface area (Å²) in [5.41, 5.74) is 0. The third kappa shape index (κ3) is 8.85. The zero-order chi connectivity index (χ0) is 0. The first-order chi connectivity index (χ1) is 0. The van der Waals surface area contributed by atoms with Crippen molar-refractivity contribution in [1.29, 1.82) is 0 Å². The van der Waals surface area contributed by atoms with Crippen LogP contribution >= 0.6 is 0 Å². The van der Waals surface area contributed by atoms with Gasteiger partial charge in [-0.3, -0.25) is 0 Å². The molecule has 0 aromatic carbocycles. The van der Waals surface area contributed by atoms with Crippen LogP contribution < -0.4 is 0 Å². The van der Waals surface area contributed by atoms with Crippen LogP contribution in [0.2, 0.25) is 0 Å². The summed E-state index contributed by atoms with van der Waals surface area (Å²) in [4.78, 5) is 0. The minimum absolute atomic E-state index is 0. The van der Waals surface area contributed by atoms with Crippen molar-refractivity contribution >= 4 is 60.0 Å². The Morgan fingerprint density at radius 2 is 0.750 bits per heavy atom. The quantitative estimate of drug-likeness (QED) is 0.424. The summed E-state index contributed by atoms with van der Waals surface area (Å²) in [5, 5.41) is 0. The van der Waals surface area contributed by atoms with Crippen molar-refractivity contribution in [2.75, 3.05) is 0 Å². The van der Waals surface area contributed by atoms with E-state index in [1.54, 1.807) is 0 Å². The summed E-state index contributed by atoms with van der Waals surface area (Å²) < 4.78 is 0. The average molecular weight is 388 g/mol. The molecule has 0 aromatic rings. The van der Waals surface area contributed by atoms with Crippen LogP contribution in [0.5, 0.6) is 0 Å². The first-order valence-corrected chi connectivity index (χ1v) is 0. The molecular formula is H3CdInSe2. The molecule has 0 bridgehead atoms. The van der Waals surface area contributed by atoms with E-state index < -0.39 is 0 Å². The molecule has 0 unspecified atom stereocenters. The molecule has 0 aliphatic carbocycles. The minimum Gasteiger partial charge on any atom is 0 e. The van der Waals surface area contributed by atoms with Crippen molar-refractivity contribution < 1.29 is 27.3 Å². The van der Waals surface area contributed by atoms with Crippen molar-refractivity contribution in [3.8, 4) is 0 Å². The first kappa shape index (κ1) is 29.0. The van der Waals surface area contributed by atoms with Crippen molar-refractivity contribution in [3.05, 3.63) is 0 Å². The molecule has 0 aliphatic rings. The van der Waals surface area contributed by atoms with E-state index in [0.29, 0.717) is 0 Å². The van der Waals surface area contributed by atoms with Crippen LogP contribution in [0.25, 0.3) is 0 Å². The van der Waals surface area contributed by atoms with E-state index in [1.807, 2.05) is 0 Å². The molecule has 4 heteroatoms. The first-order valence-electron chi connectivity index (χ1n) is 0. The van der Waals surface area contributed by atoms with E-state index in [9.17, 15) is 0 Å². The molecule has 0 heterocycles. The Morgan fingerprint density at radius 3 is 0.750 bits per heavy atom. The summed E-state index contributed by atoms with van der Waals surface area (Å²) in [6.45, 7) is 0. The minimum atomic E-state index is 0. The summed E-state index contributed by atoms with van der Waals surface area (Å²) >= 11 is 0. The fourth-order valence-electron chi connectivity index (χ4n) is 0. The smallest absolute Gasteiger partial charge is 0 e. The molecule has 0 aromatic heterocycles. The maximum Gasteiger partial charge on any atom is 0 e. The fraction of sp³-hybridized carbons (Fsp3) is 0. The van der Waals surface area contributed by atoms with Gasteiger partial charge in [0.25, 0.3) is 0 Å². The topological polar surface area (TPSA) is 0 Å². The molecule has 0 atom stereocenters. The summed E-state index contributed by atoms with van der Waals surface area (Å²) in [5.74, 6) is 0. The second-order valence-electron chi connectivity index (χ2n) is 0. The molecule has 0 nitrogen and oxygen atoms in total. The molecular weight excluding hydrogens is 385 g/mol. The van der Waals surface area contributed by atoms with Crippen LogP contribution in [0.3, 0.4) is 0 Å². The SMILES string of the molecule is [Cd].[InH3].[Se].[Se]. The zero-order valence-corrected chi connectivity index (χ0v) is 8.99. The van der Waals surface area contributed by atoms with Gasteiger partial charge in [-0.2, -0.15) is 0 Å². The second kappa shape index (κ2) is 17.0. The van der Waals surface area contributed by atoms with Gasteiger partial charge in [0.15, 0.2) is 0 Å². The molecule has 0 spiro atoms. The van der Waals surface area contributed by atoms with E-state index in [0.717, 1.165) is 0 Å². The fourth-order valence-corrected chi connectivity index (χ4v) is 0. The van der Waals surface area contributed by atoms with Gasteiger partial charge in [0.2, 0.25) is 0 Å². The molecule has 0 saturated carbocycles. The normalized spacial score (nSPS) is 0. The van der Waals surface area contributed by atoms with Crippen molar-refractivity contribution in [2.24, 2.45) is 0 Å². The largest absolute Gasteiger partial charge is 0 e. The monoisotopic (exact) mass is 392 g/mol. The van der Waals surface area contributed by atoms with Crippen LogP contribution in [-0.2, 0) is 27.3 Å². The Hall–Kier alpha value is 2.83. The van der Waals surface area contributed by atoms with Crippen molar-refractivity contribution in [2.45, 2.75) is 0 Å². The maximum atomic E-state index is 0. The Bertz CT molecular complexity index is 6.00. The van der Waals surface area contributed by atoms with Gasteiger partial charge in [-0.15, -0.1) is 0 Å². The van der Waals surface area contributed by atoms with Gasteiger partial charge in [0.1, 0.15) is 0 Å².